The third kappa shape index (κ3) is 4.91. The van der Waals surface area contributed by atoms with Crippen LogP contribution in [0.5, 0.6) is 5.75 Å². The maximum Gasteiger partial charge on any atom is 0.268 e. The van der Waals surface area contributed by atoms with Crippen molar-refractivity contribution in [2.45, 2.75) is 38.8 Å². The van der Waals surface area contributed by atoms with Gasteiger partial charge in [-0.1, -0.05) is 35.9 Å². The Bertz CT molecular complexity index is 1150. The Morgan fingerprint density at radius 3 is 2.56 bits per heavy atom. The van der Waals surface area contributed by atoms with Crippen molar-refractivity contribution in [3.05, 3.63) is 95.1 Å². The molecule has 0 bridgehead atoms. The molecule has 1 aliphatic rings. The van der Waals surface area contributed by atoms with Crippen molar-refractivity contribution in [3.63, 3.8) is 0 Å². The summed E-state index contributed by atoms with van der Waals surface area (Å²) in [6.45, 7) is 5.98. The molecule has 0 radical (unpaired) electrons. The average molecular weight is 431 g/mol. The van der Waals surface area contributed by atoms with Crippen molar-refractivity contribution < 1.29 is 18.7 Å². The molecule has 0 spiro atoms. The predicted molar refractivity (Wildman–Crippen MR) is 122 cm³/mol. The fourth-order valence-electron chi connectivity index (χ4n) is 3.80. The van der Waals surface area contributed by atoms with E-state index in [0.29, 0.717) is 17.7 Å². The number of ether oxygens (including phenoxy) is 1. The Labute approximate surface area is 187 Å². The van der Waals surface area contributed by atoms with Crippen molar-refractivity contribution in [1.29, 1.82) is 0 Å². The van der Waals surface area contributed by atoms with Crippen LogP contribution in [0.1, 0.15) is 53.6 Å². The van der Waals surface area contributed by atoms with Gasteiger partial charge in [0.05, 0.1) is 12.3 Å². The van der Waals surface area contributed by atoms with Crippen LogP contribution in [0.2, 0.25) is 0 Å². The monoisotopic (exact) mass is 430 g/mol. The highest BCUT2D eigenvalue weighted by Crippen LogP contribution is 2.40. The van der Waals surface area contributed by atoms with Crippen LogP contribution in [0.15, 0.2) is 77.0 Å². The minimum absolute atomic E-state index is 0.104. The van der Waals surface area contributed by atoms with E-state index in [0.717, 1.165) is 16.9 Å². The number of hydrogen-bond donors (Lipinski definition) is 2. The van der Waals surface area contributed by atoms with Gasteiger partial charge in [-0.3, -0.25) is 9.59 Å². The second-order valence-corrected chi connectivity index (χ2v) is 8.53. The largest absolute Gasteiger partial charge is 0.487 e. The van der Waals surface area contributed by atoms with E-state index in [-0.39, 0.29) is 17.6 Å². The van der Waals surface area contributed by atoms with Gasteiger partial charge in [-0.2, -0.15) is 0 Å². The molecule has 1 atom stereocenters. The van der Waals surface area contributed by atoms with E-state index >= 15 is 0 Å². The molecule has 2 amide bonds. The molecule has 32 heavy (non-hydrogen) atoms. The summed E-state index contributed by atoms with van der Waals surface area (Å²) in [4.78, 5) is 26.1. The van der Waals surface area contributed by atoms with Crippen LogP contribution in [-0.4, -0.2) is 17.4 Å². The molecule has 0 fully saturated rings. The molecule has 3 aromatic rings. The Hall–Kier alpha value is -3.80. The van der Waals surface area contributed by atoms with Crippen molar-refractivity contribution >= 4 is 17.9 Å². The predicted octanol–water partition coefficient (Wildman–Crippen LogP) is 4.78. The fourth-order valence-corrected chi connectivity index (χ4v) is 3.80. The number of carbonyl (C=O) groups is 2. The van der Waals surface area contributed by atoms with Gasteiger partial charge >= 0.3 is 0 Å². The van der Waals surface area contributed by atoms with Crippen LogP contribution in [0, 0.1) is 6.92 Å². The van der Waals surface area contributed by atoms with Gasteiger partial charge in [0.25, 0.3) is 11.8 Å². The van der Waals surface area contributed by atoms with Crippen LogP contribution in [0.3, 0.4) is 0 Å². The van der Waals surface area contributed by atoms with E-state index in [2.05, 4.69) is 10.6 Å². The fraction of sp³-hybridized carbons (Fsp3) is 0.231. The average Bonchev–Trinajstić information content (AvgIpc) is 3.27. The lowest BCUT2D eigenvalue weighted by Gasteiger charge is -2.38. The van der Waals surface area contributed by atoms with Crippen LogP contribution < -0.4 is 15.4 Å². The summed E-state index contributed by atoms with van der Waals surface area (Å²) in [5.74, 6) is 0.442. The molecule has 2 aromatic carbocycles. The van der Waals surface area contributed by atoms with E-state index in [4.69, 9.17) is 9.15 Å². The Morgan fingerprint density at radius 1 is 1.06 bits per heavy atom. The topological polar surface area (TPSA) is 80.6 Å². The second-order valence-electron chi connectivity index (χ2n) is 8.53. The highest BCUT2D eigenvalue weighted by Gasteiger charge is 2.35. The molecule has 0 saturated carbocycles. The van der Waals surface area contributed by atoms with Crippen LogP contribution >= 0.6 is 0 Å². The molecule has 2 N–H and O–H groups in total. The van der Waals surface area contributed by atoms with Crippen molar-refractivity contribution in [2.75, 3.05) is 0 Å². The zero-order chi connectivity index (χ0) is 22.7. The third-order valence-electron chi connectivity index (χ3n) is 5.29. The van der Waals surface area contributed by atoms with Crippen molar-refractivity contribution in [3.8, 4) is 5.75 Å². The van der Waals surface area contributed by atoms with Crippen molar-refractivity contribution in [2.24, 2.45) is 0 Å². The standard InChI is InChI=1S/C26H26N2O4/c1-17-11-12-23-20(14-17)22(16-26(2,3)32-23)28-25(30)21(15-19-10-7-13-31-19)27-24(29)18-8-5-4-6-9-18/h4-15,22H,16H2,1-3H3,(H,27,29)(H,28,30)/b21-15-. The third-order valence-corrected chi connectivity index (χ3v) is 5.29. The molecule has 1 unspecified atom stereocenters. The Kier molecular flexibility index (Phi) is 5.86. The Balaban J connectivity index is 1.62. The number of nitrogens with one attached hydrogen (secondary N) is 2. The van der Waals surface area contributed by atoms with E-state index in [9.17, 15) is 9.59 Å². The molecule has 164 valence electrons. The summed E-state index contributed by atoms with van der Waals surface area (Å²) in [6, 6.07) is 17.9. The molecule has 6 heteroatoms. The normalized spacial score (nSPS) is 17.1. The van der Waals surface area contributed by atoms with Crippen LogP contribution in [0.4, 0.5) is 0 Å². The maximum atomic E-state index is 13.3. The number of fused-ring (bicyclic) bond motifs is 1. The molecule has 2 heterocycles. The van der Waals surface area contributed by atoms with Crippen molar-refractivity contribution in [1.82, 2.24) is 10.6 Å². The zero-order valence-electron chi connectivity index (χ0n) is 18.3. The van der Waals surface area contributed by atoms with Gasteiger partial charge in [0, 0.05) is 23.6 Å². The van der Waals surface area contributed by atoms with Gasteiger partial charge in [-0.05, 0) is 51.1 Å². The first-order valence-electron chi connectivity index (χ1n) is 10.5. The molecule has 6 nitrogen and oxygen atoms in total. The van der Waals surface area contributed by atoms with E-state index in [1.54, 1.807) is 36.4 Å². The summed E-state index contributed by atoms with van der Waals surface area (Å²) in [5, 5.41) is 5.82. The molecular formula is C26H26N2O4. The van der Waals surface area contributed by atoms with E-state index < -0.39 is 11.5 Å². The van der Waals surface area contributed by atoms with E-state index in [1.165, 1.54) is 12.3 Å². The summed E-state index contributed by atoms with van der Waals surface area (Å²) in [6.07, 6.45) is 3.63. The number of benzene rings is 2. The summed E-state index contributed by atoms with van der Waals surface area (Å²) >= 11 is 0. The quantitative estimate of drug-likeness (QED) is 0.571. The number of amides is 2. The minimum atomic E-state index is -0.446. The second kappa shape index (κ2) is 8.75. The number of hydrogen-bond acceptors (Lipinski definition) is 4. The number of furan rings is 1. The summed E-state index contributed by atoms with van der Waals surface area (Å²) < 4.78 is 11.5. The minimum Gasteiger partial charge on any atom is -0.487 e. The van der Waals surface area contributed by atoms with Gasteiger partial charge in [-0.15, -0.1) is 0 Å². The van der Waals surface area contributed by atoms with Gasteiger partial charge in [-0.25, -0.2) is 0 Å². The lowest BCUT2D eigenvalue weighted by molar-refractivity contribution is -0.119. The van der Waals surface area contributed by atoms with Gasteiger partial charge < -0.3 is 19.8 Å². The highest BCUT2D eigenvalue weighted by atomic mass is 16.5. The molecule has 0 aliphatic carbocycles. The molecule has 0 saturated heterocycles. The van der Waals surface area contributed by atoms with E-state index in [1.807, 2.05) is 45.0 Å². The first kappa shape index (κ1) is 21.4. The first-order chi connectivity index (χ1) is 15.3. The molecule has 4 rings (SSSR count). The lowest BCUT2D eigenvalue weighted by Crippen LogP contribution is -2.43. The number of aryl methyl sites for hydroxylation is 1. The molecular weight excluding hydrogens is 404 g/mol. The van der Waals surface area contributed by atoms with Gasteiger partial charge in [0.2, 0.25) is 0 Å². The molecule has 1 aromatic heterocycles. The van der Waals surface area contributed by atoms with Gasteiger partial charge in [0.15, 0.2) is 0 Å². The maximum absolute atomic E-state index is 13.3. The van der Waals surface area contributed by atoms with Crippen LogP contribution in [-0.2, 0) is 4.79 Å². The first-order valence-corrected chi connectivity index (χ1v) is 10.5. The number of rotatable bonds is 5. The molecule has 1 aliphatic heterocycles. The zero-order valence-corrected chi connectivity index (χ0v) is 18.3. The van der Waals surface area contributed by atoms with Crippen LogP contribution in [0.25, 0.3) is 6.08 Å². The summed E-state index contributed by atoms with van der Waals surface area (Å²) in [5.41, 5.74) is 2.11. The van der Waals surface area contributed by atoms with Gasteiger partial charge in [0.1, 0.15) is 22.8 Å². The summed E-state index contributed by atoms with van der Waals surface area (Å²) in [7, 11) is 0. The lowest BCUT2D eigenvalue weighted by atomic mass is 9.89. The SMILES string of the molecule is Cc1ccc2c(c1)C(NC(=O)/C(=C/c1ccco1)NC(=O)c1ccccc1)CC(C)(C)O2. The smallest absolute Gasteiger partial charge is 0.268 e. The highest BCUT2D eigenvalue weighted by molar-refractivity contribution is 6.05. The Morgan fingerprint density at radius 2 is 1.84 bits per heavy atom. The number of carbonyl (C=O) groups excluding carboxylic acids is 2.